The molecule has 3 nitrogen and oxygen atoms in total. The molecule has 2 aromatic rings. The molecule has 90 valence electrons. The van der Waals surface area contributed by atoms with Crippen molar-refractivity contribution in [3.8, 4) is 0 Å². The van der Waals surface area contributed by atoms with Crippen LogP contribution in [0.1, 0.15) is 41.1 Å². The minimum Gasteiger partial charge on any atom is -0.319 e. The van der Waals surface area contributed by atoms with Crippen molar-refractivity contribution in [2.75, 3.05) is 0 Å². The standard InChI is InChI=1S/C13H17N3S/c1-3-6-11-13(17-16-15-11)12(14)10-8-5-4-7-9(10)2/h4-5,7-8,12H,3,6,14H2,1-2H3. The molecule has 0 fully saturated rings. The molecule has 4 heteroatoms. The summed E-state index contributed by atoms with van der Waals surface area (Å²) < 4.78 is 4.03. The van der Waals surface area contributed by atoms with Gasteiger partial charge in [-0.15, -0.1) is 5.10 Å². The lowest BCUT2D eigenvalue weighted by atomic mass is 9.99. The van der Waals surface area contributed by atoms with Gasteiger partial charge in [0, 0.05) is 0 Å². The SMILES string of the molecule is CCCc1nnsc1C(N)c1ccccc1C. The lowest BCUT2D eigenvalue weighted by Gasteiger charge is -2.13. The third kappa shape index (κ3) is 2.53. The van der Waals surface area contributed by atoms with Crippen LogP contribution in [0, 0.1) is 6.92 Å². The minimum atomic E-state index is -0.0993. The smallest absolute Gasteiger partial charge is 0.0807 e. The normalized spacial score (nSPS) is 12.6. The molecule has 0 aliphatic rings. The van der Waals surface area contributed by atoms with Gasteiger partial charge in [0.25, 0.3) is 0 Å². The average Bonchev–Trinajstić information content (AvgIpc) is 2.78. The third-order valence-corrected chi connectivity index (χ3v) is 3.73. The predicted molar refractivity (Wildman–Crippen MR) is 71.1 cm³/mol. The zero-order chi connectivity index (χ0) is 12.3. The highest BCUT2D eigenvalue weighted by Gasteiger charge is 2.17. The summed E-state index contributed by atoms with van der Waals surface area (Å²) >= 11 is 1.42. The van der Waals surface area contributed by atoms with Gasteiger partial charge in [0.2, 0.25) is 0 Å². The Morgan fingerprint density at radius 1 is 1.35 bits per heavy atom. The van der Waals surface area contributed by atoms with E-state index in [0.29, 0.717) is 0 Å². The maximum atomic E-state index is 6.32. The highest BCUT2D eigenvalue weighted by atomic mass is 32.1. The molecule has 1 heterocycles. The molecule has 1 aromatic heterocycles. The number of nitrogens with zero attached hydrogens (tertiary/aromatic N) is 2. The third-order valence-electron chi connectivity index (χ3n) is 2.88. The van der Waals surface area contributed by atoms with Crippen molar-refractivity contribution in [3.05, 3.63) is 46.0 Å². The molecule has 0 aliphatic carbocycles. The summed E-state index contributed by atoms with van der Waals surface area (Å²) in [4.78, 5) is 1.10. The second-order valence-corrected chi connectivity index (χ2v) is 4.95. The van der Waals surface area contributed by atoms with Crippen LogP contribution in [-0.4, -0.2) is 9.59 Å². The Morgan fingerprint density at radius 2 is 2.12 bits per heavy atom. The molecule has 0 aliphatic heterocycles. The summed E-state index contributed by atoms with van der Waals surface area (Å²) in [5, 5.41) is 4.17. The first kappa shape index (κ1) is 12.2. The zero-order valence-electron chi connectivity index (χ0n) is 10.2. The van der Waals surface area contributed by atoms with Crippen LogP contribution in [0.2, 0.25) is 0 Å². The van der Waals surface area contributed by atoms with Gasteiger partial charge in [-0.05, 0) is 36.0 Å². The fraction of sp³-hybridized carbons (Fsp3) is 0.385. The molecule has 0 radical (unpaired) electrons. The van der Waals surface area contributed by atoms with Gasteiger partial charge in [-0.3, -0.25) is 0 Å². The number of hydrogen-bond donors (Lipinski definition) is 1. The van der Waals surface area contributed by atoms with Crippen molar-refractivity contribution in [1.29, 1.82) is 0 Å². The van der Waals surface area contributed by atoms with E-state index in [2.05, 4.69) is 35.6 Å². The number of aromatic nitrogens is 2. The molecule has 1 atom stereocenters. The van der Waals surface area contributed by atoms with E-state index in [0.717, 1.165) is 29.0 Å². The molecule has 1 unspecified atom stereocenters. The van der Waals surface area contributed by atoms with Crippen molar-refractivity contribution in [2.24, 2.45) is 5.73 Å². The second-order valence-electron chi connectivity index (χ2n) is 4.17. The molecule has 0 spiro atoms. The van der Waals surface area contributed by atoms with E-state index >= 15 is 0 Å². The maximum Gasteiger partial charge on any atom is 0.0807 e. The Kier molecular flexibility index (Phi) is 3.86. The topological polar surface area (TPSA) is 51.8 Å². The van der Waals surface area contributed by atoms with Crippen LogP contribution in [0.5, 0.6) is 0 Å². The van der Waals surface area contributed by atoms with Crippen molar-refractivity contribution >= 4 is 11.5 Å². The van der Waals surface area contributed by atoms with Gasteiger partial charge in [-0.25, -0.2) is 0 Å². The highest BCUT2D eigenvalue weighted by Crippen LogP contribution is 2.27. The molecular weight excluding hydrogens is 230 g/mol. The second kappa shape index (κ2) is 5.38. The number of rotatable bonds is 4. The largest absolute Gasteiger partial charge is 0.319 e. The number of aryl methyl sites for hydroxylation is 2. The molecule has 0 saturated heterocycles. The van der Waals surface area contributed by atoms with Crippen LogP contribution >= 0.6 is 11.5 Å². The van der Waals surface area contributed by atoms with E-state index in [1.54, 1.807) is 0 Å². The Labute approximate surface area is 106 Å². The first-order valence-electron chi connectivity index (χ1n) is 5.86. The van der Waals surface area contributed by atoms with Crippen molar-refractivity contribution in [2.45, 2.75) is 32.7 Å². The van der Waals surface area contributed by atoms with E-state index < -0.39 is 0 Å². The molecule has 17 heavy (non-hydrogen) atoms. The lowest BCUT2D eigenvalue weighted by molar-refractivity contribution is 0.810. The summed E-state index contributed by atoms with van der Waals surface area (Å²) in [6, 6.07) is 8.12. The van der Waals surface area contributed by atoms with Crippen LogP contribution in [0.3, 0.4) is 0 Å². The Hall–Kier alpha value is -1.26. The first-order chi connectivity index (χ1) is 8.24. The van der Waals surface area contributed by atoms with Gasteiger partial charge in [0.1, 0.15) is 0 Å². The molecule has 2 rings (SSSR count). The minimum absolute atomic E-state index is 0.0993. The average molecular weight is 247 g/mol. The summed E-state index contributed by atoms with van der Waals surface area (Å²) in [6.07, 6.45) is 2.02. The number of hydrogen-bond acceptors (Lipinski definition) is 4. The van der Waals surface area contributed by atoms with E-state index in [-0.39, 0.29) is 6.04 Å². The van der Waals surface area contributed by atoms with Crippen molar-refractivity contribution in [3.63, 3.8) is 0 Å². The van der Waals surface area contributed by atoms with E-state index in [1.807, 2.05) is 12.1 Å². The highest BCUT2D eigenvalue weighted by molar-refractivity contribution is 7.05. The molecule has 0 amide bonds. The predicted octanol–water partition coefficient (Wildman–Crippen LogP) is 2.85. The lowest BCUT2D eigenvalue weighted by Crippen LogP contribution is -2.13. The number of benzene rings is 1. The molecule has 2 N–H and O–H groups in total. The fourth-order valence-corrected chi connectivity index (χ4v) is 2.66. The van der Waals surface area contributed by atoms with Crippen LogP contribution in [-0.2, 0) is 6.42 Å². The van der Waals surface area contributed by atoms with Gasteiger partial charge < -0.3 is 5.73 Å². The molecular formula is C13H17N3S. The van der Waals surface area contributed by atoms with Gasteiger partial charge in [-0.1, -0.05) is 42.1 Å². The molecule has 0 saturated carbocycles. The van der Waals surface area contributed by atoms with Gasteiger partial charge in [0.05, 0.1) is 16.6 Å². The summed E-state index contributed by atoms with van der Waals surface area (Å²) in [5.41, 5.74) is 9.75. The van der Waals surface area contributed by atoms with Gasteiger partial charge in [0.15, 0.2) is 0 Å². The zero-order valence-corrected chi connectivity index (χ0v) is 11.0. The number of nitrogens with two attached hydrogens (primary N) is 1. The van der Waals surface area contributed by atoms with E-state index in [1.165, 1.54) is 17.1 Å². The Morgan fingerprint density at radius 3 is 2.82 bits per heavy atom. The quantitative estimate of drug-likeness (QED) is 0.904. The van der Waals surface area contributed by atoms with Crippen LogP contribution in [0.25, 0.3) is 0 Å². The summed E-state index contributed by atoms with van der Waals surface area (Å²) in [7, 11) is 0. The van der Waals surface area contributed by atoms with Crippen molar-refractivity contribution < 1.29 is 0 Å². The summed E-state index contributed by atoms with van der Waals surface area (Å²) in [5.74, 6) is 0. The maximum absolute atomic E-state index is 6.32. The Balaban J connectivity index is 2.34. The Bertz CT molecular complexity index is 493. The summed E-state index contributed by atoms with van der Waals surface area (Å²) in [6.45, 7) is 4.23. The van der Waals surface area contributed by atoms with Crippen LogP contribution < -0.4 is 5.73 Å². The fourth-order valence-electron chi connectivity index (χ4n) is 1.94. The van der Waals surface area contributed by atoms with Gasteiger partial charge in [-0.2, -0.15) is 0 Å². The van der Waals surface area contributed by atoms with Crippen LogP contribution in [0.4, 0.5) is 0 Å². The van der Waals surface area contributed by atoms with Crippen LogP contribution in [0.15, 0.2) is 24.3 Å². The van der Waals surface area contributed by atoms with E-state index in [4.69, 9.17) is 5.73 Å². The first-order valence-corrected chi connectivity index (χ1v) is 6.63. The molecule has 1 aromatic carbocycles. The van der Waals surface area contributed by atoms with Gasteiger partial charge >= 0.3 is 0 Å². The molecule has 0 bridgehead atoms. The monoisotopic (exact) mass is 247 g/mol. The van der Waals surface area contributed by atoms with Crippen molar-refractivity contribution in [1.82, 2.24) is 9.59 Å². The van der Waals surface area contributed by atoms with E-state index in [9.17, 15) is 0 Å².